The molecule has 1 unspecified atom stereocenters. The normalized spacial score (nSPS) is 18.2. The van der Waals surface area contributed by atoms with Crippen LogP contribution in [0, 0.1) is 0 Å². The van der Waals surface area contributed by atoms with E-state index in [1.165, 1.54) is 0 Å². The summed E-state index contributed by atoms with van der Waals surface area (Å²) in [6, 6.07) is 6.16. The maximum atomic E-state index is 4.24. The molecule has 1 fully saturated rings. The Labute approximate surface area is 111 Å². The van der Waals surface area contributed by atoms with Gasteiger partial charge in [-0.1, -0.05) is 0 Å². The molecule has 1 aliphatic heterocycles. The van der Waals surface area contributed by atoms with Crippen molar-refractivity contribution in [2.75, 3.05) is 23.7 Å². The highest BCUT2D eigenvalue weighted by Crippen LogP contribution is 2.16. The Bertz CT molecular complexity index is 524. The van der Waals surface area contributed by atoms with Crippen LogP contribution in [0.4, 0.5) is 17.3 Å². The van der Waals surface area contributed by atoms with E-state index in [2.05, 4.69) is 30.9 Å². The molecule has 0 spiro atoms. The predicted octanol–water partition coefficient (Wildman–Crippen LogP) is 1.39. The maximum absolute atomic E-state index is 4.24. The molecule has 6 heteroatoms. The first-order chi connectivity index (χ1) is 9.40. The molecule has 0 aromatic carbocycles. The van der Waals surface area contributed by atoms with E-state index in [9.17, 15) is 0 Å². The Hall–Kier alpha value is -2.21. The van der Waals surface area contributed by atoms with Crippen LogP contribution >= 0.6 is 0 Å². The highest BCUT2D eigenvalue weighted by Gasteiger charge is 2.14. The van der Waals surface area contributed by atoms with Gasteiger partial charge in [-0.2, -0.15) is 0 Å². The smallest absolute Gasteiger partial charge is 0.135 e. The summed E-state index contributed by atoms with van der Waals surface area (Å²) < 4.78 is 0. The lowest BCUT2D eigenvalue weighted by molar-refractivity contribution is 0.787. The standard InChI is InChI=1S/C13H16N6/c1-4-14-5-2-10(1)18-12-7-13(17-9-16-12)19-11-3-6-15-8-11/h1-2,4-5,7,9,11,15H,3,6,8H2,(H2,14,16,17,18,19). The highest BCUT2D eigenvalue weighted by atomic mass is 15.1. The van der Waals surface area contributed by atoms with Crippen LogP contribution in [0.5, 0.6) is 0 Å². The van der Waals surface area contributed by atoms with Crippen LogP contribution in [0.15, 0.2) is 36.9 Å². The van der Waals surface area contributed by atoms with Gasteiger partial charge in [0.05, 0.1) is 0 Å². The van der Waals surface area contributed by atoms with Crippen molar-refractivity contribution in [2.24, 2.45) is 0 Å². The number of aromatic nitrogens is 3. The molecule has 98 valence electrons. The Morgan fingerprint density at radius 3 is 2.79 bits per heavy atom. The quantitative estimate of drug-likeness (QED) is 0.767. The van der Waals surface area contributed by atoms with Gasteiger partial charge in [0.25, 0.3) is 0 Å². The third-order valence-electron chi connectivity index (χ3n) is 3.03. The van der Waals surface area contributed by atoms with Crippen LogP contribution < -0.4 is 16.0 Å². The molecule has 2 aromatic rings. The van der Waals surface area contributed by atoms with E-state index in [0.717, 1.165) is 36.8 Å². The van der Waals surface area contributed by atoms with Gasteiger partial charge in [-0.15, -0.1) is 0 Å². The van der Waals surface area contributed by atoms with Crippen molar-refractivity contribution in [2.45, 2.75) is 12.5 Å². The fourth-order valence-corrected chi connectivity index (χ4v) is 2.07. The molecule has 3 rings (SSSR count). The summed E-state index contributed by atoms with van der Waals surface area (Å²) in [7, 11) is 0. The van der Waals surface area contributed by atoms with E-state index in [0.29, 0.717) is 6.04 Å². The van der Waals surface area contributed by atoms with Gasteiger partial charge in [0.1, 0.15) is 18.0 Å². The summed E-state index contributed by atoms with van der Waals surface area (Å²) in [6.45, 7) is 2.04. The second kappa shape index (κ2) is 5.62. The minimum atomic E-state index is 0.448. The lowest BCUT2D eigenvalue weighted by atomic mass is 10.2. The van der Waals surface area contributed by atoms with Crippen LogP contribution in [0.1, 0.15) is 6.42 Å². The Morgan fingerprint density at radius 1 is 1.16 bits per heavy atom. The molecule has 19 heavy (non-hydrogen) atoms. The molecule has 6 nitrogen and oxygen atoms in total. The van der Waals surface area contributed by atoms with Crippen LogP contribution in [0.25, 0.3) is 0 Å². The van der Waals surface area contributed by atoms with Gasteiger partial charge < -0.3 is 16.0 Å². The predicted molar refractivity (Wildman–Crippen MR) is 74.4 cm³/mol. The number of rotatable bonds is 4. The van der Waals surface area contributed by atoms with Crippen LogP contribution in [-0.4, -0.2) is 34.1 Å². The first kappa shape index (κ1) is 11.9. The molecular weight excluding hydrogens is 240 g/mol. The Kier molecular flexibility index (Phi) is 3.51. The number of nitrogens with zero attached hydrogens (tertiary/aromatic N) is 3. The zero-order valence-electron chi connectivity index (χ0n) is 10.5. The van der Waals surface area contributed by atoms with Gasteiger partial charge >= 0.3 is 0 Å². The molecule has 1 atom stereocenters. The molecule has 1 saturated heterocycles. The summed E-state index contributed by atoms with van der Waals surface area (Å²) >= 11 is 0. The van der Waals surface area contributed by atoms with Gasteiger partial charge in [0, 0.05) is 36.7 Å². The van der Waals surface area contributed by atoms with Crippen molar-refractivity contribution in [3.63, 3.8) is 0 Å². The van der Waals surface area contributed by atoms with E-state index < -0.39 is 0 Å². The molecule has 1 aliphatic rings. The minimum absolute atomic E-state index is 0.448. The molecule has 3 N–H and O–H groups in total. The third kappa shape index (κ3) is 3.17. The molecular formula is C13H16N6. The lowest BCUT2D eigenvalue weighted by Gasteiger charge is -2.12. The van der Waals surface area contributed by atoms with E-state index in [-0.39, 0.29) is 0 Å². The Balaban J connectivity index is 1.69. The molecule has 0 amide bonds. The summed E-state index contributed by atoms with van der Waals surface area (Å²) in [5.41, 5.74) is 0.960. The average molecular weight is 256 g/mol. The number of pyridine rings is 1. The van der Waals surface area contributed by atoms with Gasteiger partial charge in [-0.05, 0) is 25.1 Å². The Morgan fingerprint density at radius 2 is 2.00 bits per heavy atom. The van der Waals surface area contributed by atoms with Gasteiger partial charge in [0.15, 0.2) is 0 Å². The van der Waals surface area contributed by atoms with Gasteiger partial charge in [0.2, 0.25) is 0 Å². The first-order valence-electron chi connectivity index (χ1n) is 6.36. The fourth-order valence-electron chi connectivity index (χ4n) is 2.07. The van der Waals surface area contributed by atoms with Crippen molar-refractivity contribution in [3.05, 3.63) is 36.9 Å². The van der Waals surface area contributed by atoms with Gasteiger partial charge in [-0.3, -0.25) is 4.98 Å². The lowest BCUT2D eigenvalue weighted by Crippen LogP contribution is -2.22. The van der Waals surface area contributed by atoms with Gasteiger partial charge in [-0.25, -0.2) is 9.97 Å². The highest BCUT2D eigenvalue weighted by molar-refractivity contribution is 5.58. The largest absolute Gasteiger partial charge is 0.366 e. The van der Waals surface area contributed by atoms with E-state index in [4.69, 9.17) is 0 Å². The fraction of sp³-hybridized carbons (Fsp3) is 0.308. The number of anilines is 3. The van der Waals surface area contributed by atoms with E-state index in [1.807, 2.05) is 18.2 Å². The summed E-state index contributed by atoms with van der Waals surface area (Å²) in [6.07, 6.45) is 6.17. The van der Waals surface area contributed by atoms with Crippen LogP contribution in [0.2, 0.25) is 0 Å². The van der Waals surface area contributed by atoms with Crippen molar-refractivity contribution < 1.29 is 0 Å². The second-order valence-corrected chi connectivity index (χ2v) is 4.48. The van der Waals surface area contributed by atoms with Crippen LogP contribution in [-0.2, 0) is 0 Å². The van der Waals surface area contributed by atoms with Crippen molar-refractivity contribution in [1.82, 2.24) is 20.3 Å². The first-order valence-corrected chi connectivity index (χ1v) is 6.36. The molecule has 3 heterocycles. The molecule has 0 aliphatic carbocycles. The molecule has 0 bridgehead atoms. The summed E-state index contributed by atoms with van der Waals surface area (Å²) in [5, 5.41) is 9.94. The number of nitrogens with one attached hydrogen (secondary N) is 3. The molecule has 0 saturated carbocycles. The maximum Gasteiger partial charge on any atom is 0.135 e. The van der Waals surface area contributed by atoms with E-state index in [1.54, 1.807) is 18.7 Å². The zero-order valence-corrected chi connectivity index (χ0v) is 10.5. The van der Waals surface area contributed by atoms with Crippen LogP contribution in [0.3, 0.4) is 0 Å². The summed E-state index contributed by atoms with van der Waals surface area (Å²) in [5.74, 6) is 1.62. The molecule has 2 aromatic heterocycles. The minimum Gasteiger partial charge on any atom is -0.366 e. The molecule has 0 radical (unpaired) electrons. The summed E-state index contributed by atoms with van der Waals surface area (Å²) in [4.78, 5) is 12.4. The monoisotopic (exact) mass is 256 g/mol. The van der Waals surface area contributed by atoms with Crippen molar-refractivity contribution in [1.29, 1.82) is 0 Å². The topological polar surface area (TPSA) is 74.8 Å². The second-order valence-electron chi connectivity index (χ2n) is 4.48. The van der Waals surface area contributed by atoms with Crippen molar-refractivity contribution in [3.8, 4) is 0 Å². The van der Waals surface area contributed by atoms with E-state index >= 15 is 0 Å². The third-order valence-corrected chi connectivity index (χ3v) is 3.03. The SMILES string of the molecule is c1cc(Nc2cc(NC3CCNC3)ncn2)ccn1. The number of hydrogen-bond donors (Lipinski definition) is 3. The number of hydrogen-bond acceptors (Lipinski definition) is 6. The average Bonchev–Trinajstić information content (AvgIpc) is 2.93. The van der Waals surface area contributed by atoms with Crippen molar-refractivity contribution >= 4 is 17.3 Å². The zero-order chi connectivity index (χ0) is 12.9.